The summed E-state index contributed by atoms with van der Waals surface area (Å²) in [5.74, 6) is 0.873. The van der Waals surface area contributed by atoms with Gasteiger partial charge in [0.1, 0.15) is 10.8 Å². The summed E-state index contributed by atoms with van der Waals surface area (Å²) < 4.78 is 6.73. The van der Waals surface area contributed by atoms with Gasteiger partial charge in [0.2, 0.25) is 0 Å². The van der Waals surface area contributed by atoms with Crippen LogP contribution in [0.4, 0.5) is 5.69 Å². The Labute approximate surface area is 162 Å². The summed E-state index contributed by atoms with van der Waals surface area (Å²) >= 11 is 7.47. The summed E-state index contributed by atoms with van der Waals surface area (Å²) in [7, 11) is 0. The first-order valence-corrected chi connectivity index (χ1v) is 10.1. The molecule has 2 heterocycles. The molecule has 134 valence electrons. The van der Waals surface area contributed by atoms with Gasteiger partial charge in [-0.25, -0.2) is 4.98 Å². The van der Waals surface area contributed by atoms with Gasteiger partial charge in [-0.1, -0.05) is 12.1 Å². The van der Waals surface area contributed by atoms with E-state index in [4.69, 9.17) is 21.9 Å². The molecule has 26 heavy (non-hydrogen) atoms. The molecule has 1 atom stereocenters. The molecule has 2 aromatic carbocycles. The number of thiocarbonyl (C=S) groups is 1. The predicted molar refractivity (Wildman–Crippen MR) is 112 cm³/mol. The molecule has 0 radical (unpaired) electrons. The molecule has 1 aliphatic heterocycles. The summed E-state index contributed by atoms with van der Waals surface area (Å²) in [6.07, 6.45) is 2.22. The topological polar surface area (TPSA) is 37.4 Å². The highest BCUT2D eigenvalue weighted by Gasteiger charge is 2.30. The van der Waals surface area contributed by atoms with E-state index >= 15 is 0 Å². The third-order valence-corrected chi connectivity index (χ3v) is 6.00. The fraction of sp³-hybridized carbons (Fsp3) is 0.300. The van der Waals surface area contributed by atoms with Gasteiger partial charge >= 0.3 is 0 Å². The van der Waals surface area contributed by atoms with Gasteiger partial charge in [-0.3, -0.25) is 0 Å². The minimum absolute atomic E-state index is 0.259. The van der Waals surface area contributed by atoms with Crippen LogP contribution in [-0.4, -0.2) is 28.1 Å². The van der Waals surface area contributed by atoms with Gasteiger partial charge in [-0.2, -0.15) is 0 Å². The van der Waals surface area contributed by atoms with Gasteiger partial charge in [0, 0.05) is 12.2 Å². The molecule has 0 spiro atoms. The smallest absolute Gasteiger partial charge is 0.174 e. The quantitative estimate of drug-likeness (QED) is 0.625. The van der Waals surface area contributed by atoms with Crippen molar-refractivity contribution in [3.8, 4) is 5.75 Å². The van der Waals surface area contributed by atoms with Gasteiger partial charge in [0.05, 0.1) is 22.9 Å². The predicted octanol–water partition coefficient (Wildman–Crippen LogP) is 5.23. The molecule has 0 aliphatic carbocycles. The number of fused-ring (bicyclic) bond motifs is 1. The Morgan fingerprint density at radius 3 is 2.85 bits per heavy atom. The monoisotopic (exact) mass is 383 g/mol. The average molecular weight is 384 g/mol. The van der Waals surface area contributed by atoms with E-state index in [1.807, 2.05) is 37.3 Å². The van der Waals surface area contributed by atoms with E-state index < -0.39 is 0 Å². The lowest BCUT2D eigenvalue weighted by Crippen LogP contribution is -2.34. The van der Waals surface area contributed by atoms with Gasteiger partial charge in [-0.15, -0.1) is 11.3 Å². The highest BCUT2D eigenvalue weighted by molar-refractivity contribution is 7.80. The molecule has 1 N–H and O–H groups in total. The van der Waals surface area contributed by atoms with E-state index in [-0.39, 0.29) is 6.04 Å². The van der Waals surface area contributed by atoms with Crippen LogP contribution in [0.3, 0.4) is 0 Å². The summed E-state index contributed by atoms with van der Waals surface area (Å²) in [6.45, 7) is 3.61. The molecule has 4 nitrogen and oxygen atoms in total. The summed E-state index contributed by atoms with van der Waals surface area (Å²) in [6, 6.07) is 16.5. The number of likely N-dealkylation sites (tertiary alicyclic amines) is 1. The van der Waals surface area contributed by atoms with E-state index in [9.17, 15) is 0 Å². The molecular weight excluding hydrogens is 362 g/mol. The van der Waals surface area contributed by atoms with E-state index in [2.05, 4.69) is 28.4 Å². The van der Waals surface area contributed by atoms with Gasteiger partial charge in [-0.05, 0) is 68.4 Å². The van der Waals surface area contributed by atoms with Crippen molar-refractivity contribution in [3.05, 3.63) is 53.5 Å². The van der Waals surface area contributed by atoms with Crippen molar-refractivity contribution < 1.29 is 4.74 Å². The summed E-state index contributed by atoms with van der Waals surface area (Å²) in [5.41, 5.74) is 2.05. The van der Waals surface area contributed by atoms with E-state index in [1.54, 1.807) is 11.3 Å². The lowest BCUT2D eigenvalue weighted by atomic mass is 10.2. The number of aromatic nitrogens is 1. The van der Waals surface area contributed by atoms with Crippen LogP contribution in [0.1, 0.15) is 30.8 Å². The zero-order valence-corrected chi connectivity index (χ0v) is 16.3. The first-order valence-electron chi connectivity index (χ1n) is 8.90. The zero-order chi connectivity index (χ0) is 17.9. The molecule has 4 rings (SSSR count). The van der Waals surface area contributed by atoms with Crippen molar-refractivity contribution in [2.45, 2.75) is 25.8 Å². The largest absolute Gasteiger partial charge is 0.494 e. The van der Waals surface area contributed by atoms with E-state index in [1.165, 1.54) is 4.70 Å². The van der Waals surface area contributed by atoms with Crippen LogP contribution in [-0.2, 0) is 0 Å². The Morgan fingerprint density at radius 2 is 2.08 bits per heavy atom. The third kappa shape index (κ3) is 3.52. The number of anilines is 1. The fourth-order valence-electron chi connectivity index (χ4n) is 3.30. The molecule has 1 fully saturated rings. The van der Waals surface area contributed by atoms with Gasteiger partial charge in [0.25, 0.3) is 0 Å². The van der Waals surface area contributed by atoms with E-state index in [0.717, 1.165) is 46.5 Å². The molecule has 1 aliphatic rings. The maximum atomic E-state index is 5.70. The lowest BCUT2D eigenvalue weighted by molar-refractivity contribution is 0.340. The van der Waals surface area contributed by atoms with Gasteiger partial charge < -0.3 is 15.0 Å². The Hall–Kier alpha value is -2.18. The number of nitrogens with one attached hydrogen (secondary N) is 1. The second-order valence-electron chi connectivity index (χ2n) is 6.26. The first kappa shape index (κ1) is 17.2. The number of nitrogens with zero attached hydrogens (tertiary/aromatic N) is 2. The second-order valence-corrected chi connectivity index (χ2v) is 7.71. The lowest BCUT2D eigenvalue weighted by Gasteiger charge is -2.26. The molecule has 0 unspecified atom stereocenters. The van der Waals surface area contributed by atoms with Crippen molar-refractivity contribution in [1.29, 1.82) is 0 Å². The van der Waals surface area contributed by atoms with Crippen LogP contribution in [0.5, 0.6) is 5.75 Å². The summed E-state index contributed by atoms with van der Waals surface area (Å²) in [5, 5.41) is 5.28. The molecule has 0 bridgehead atoms. The number of hydrogen-bond donors (Lipinski definition) is 1. The molecule has 1 aromatic heterocycles. The molecule has 1 saturated heterocycles. The summed E-state index contributed by atoms with van der Waals surface area (Å²) in [4.78, 5) is 7.11. The number of hydrogen-bond acceptors (Lipinski definition) is 4. The Balaban J connectivity index is 1.49. The molecule has 0 saturated carbocycles. The van der Waals surface area contributed by atoms with Crippen molar-refractivity contribution in [2.24, 2.45) is 0 Å². The number of ether oxygens (including phenoxy) is 1. The number of benzene rings is 2. The normalized spacial score (nSPS) is 16.8. The minimum atomic E-state index is 0.259. The Bertz CT molecular complexity index is 874. The standard InChI is InChI=1S/C20H21N3OS2/c1-2-24-15-11-9-14(10-12-15)21-20(25)23-13-5-7-17(23)19-22-16-6-3-4-8-18(16)26-19/h3-4,6,8-12,17H,2,5,7,13H2,1H3,(H,21,25)/t17-/m0/s1. The van der Waals surface area contributed by atoms with Crippen molar-refractivity contribution in [2.75, 3.05) is 18.5 Å². The minimum Gasteiger partial charge on any atom is -0.494 e. The number of thiazole rings is 1. The Morgan fingerprint density at radius 1 is 1.27 bits per heavy atom. The van der Waals surface area contributed by atoms with Crippen LogP contribution in [0, 0.1) is 0 Å². The van der Waals surface area contributed by atoms with Crippen molar-refractivity contribution in [1.82, 2.24) is 9.88 Å². The average Bonchev–Trinajstić information content (AvgIpc) is 3.30. The SMILES string of the molecule is CCOc1ccc(NC(=S)N2CCC[C@H]2c2nc3ccccc3s2)cc1. The van der Waals surface area contributed by atoms with E-state index in [0.29, 0.717) is 6.61 Å². The maximum Gasteiger partial charge on any atom is 0.174 e. The number of para-hydroxylation sites is 1. The third-order valence-electron chi connectivity index (χ3n) is 4.53. The highest BCUT2D eigenvalue weighted by atomic mass is 32.1. The maximum absolute atomic E-state index is 5.70. The van der Waals surface area contributed by atoms with Crippen LogP contribution in [0.2, 0.25) is 0 Å². The van der Waals surface area contributed by atoms with Crippen molar-refractivity contribution >= 4 is 44.6 Å². The fourth-order valence-corrected chi connectivity index (χ4v) is 4.75. The molecule has 3 aromatic rings. The second kappa shape index (κ2) is 7.60. The first-order chi connectivity index (χ1) is 12.7. The van der Waals surface area contributed by atoms with Crippen LogP contribution < -0.4 is 10.1 Å². The van der Waals surface area contributed by atoms with Gasteiger partial charge in [0.15, 0.2) is 5.11 Å². The van der Waals surface area contributed by atoms with Crippen molar-refractivity contribution in [3.63, 3.8) is 0 Å². The molecule has 0 amide bonds. The van der Waals surface area contributed by atoms with Crippen LogP contribution in [0.15, 0.2) is 48.5 Å². The Kier molecular flexibility index (Phi) is 5.04. The highest BCUT2D eigenvalue weighted by Crippen LogP contribution is 2.36. The zero-order valence-electron chi connectivity index (χ0n) is 14.6. The van der Waals surface area contributed by atoms with Crippen LogP contribution >= 0.6 is 23.6 Å². The molecular formula is C20H21N3OS2. The number of rotatable bonds is 4. The van der Waals surface area contributed by atoms with Crippen LogP contribution in [0.25, 0.3) is 10.2 Å². The molecule has 6 heteroatoms.